The van der Waals surface area contributed by atoms with Gasteiger partial charge in [0.05, 0.1) is 5.69 Å². The number of hydrogen-bond donors (Lipinski definition) is 1. The predicted molar refractivity (Wildman–Crippen MR) is 59.4 cm³/mol. The average Bonchev–Trinajstić information content (AvgIpc) is 2.14. The molecule has 1 N–H and O–H groups in total. The van der Waals surface area contributed by atoms with E-state index >= 15 is 0 Å². The average molecular weight is 191 g/mol. The minimum absolute atomic E-state index is 0.0630. The maximum atomic E-state index is 4.24. The number of nitrogens with zero attached hydrogens (tertiary/aromatic N) is 2. The number of aromatic nitrogens is 2. The van der Waals surface area contributed by atoms with Gasteiger partial charge in [-0.2, -0.15) is 0 Å². The summed E-state index contributed by atoms with van der Waals surface area (Å²) in [5.41, 5.74) is 1.10. The number of hydrogen-bond acceptors (Lipinski definition) is 3. The van der Waals surface area contributed by atoms with Crippen LogP contribution >= 0.6 is 0 Å². The molecule has 0 aliphatic carbocycles. The van der Waals surface area contributed by atoms with E-state index in [1.807, 2.05) is 6.07 Å². The van der Waals surface area contributed by atoms with Crippen molar-refractivity contribution in [1.82, 2.24) is 9.97 Å². The normalized spacial score (nSPS) is 11.1. The van der Waals surface area contributed by atoms with Crippen LogP contribution in [0.25, 0.3) is 0 Å². The van der Waals surface area contributed by atoms with Gasteiger partial charge in [0.25, 0.3) is 0 Å². The smallest absolute Gasteiger partial charge is 0.129 e. The van der Waals surface area contributed by atoms with Crippen LogP contribution in [0.2, 0.25) is 0 Å². The summed E-state index contributed by atoms with van der Waals surface area (Å²) in [7, 11) is 0. The van der Waals surface area contributed by atoms with E-state index in [1.54, 1.807) is 12.4 Å². The lowest BCUT2D eigenvalue weighted by Crippen LogP contribution is -2.14. The predicted octanol–water partition coefficient (Wildman–Crippen LogP) is 2.37. The van der Waals surface area contributed by atoms with Crippen LogP contribution in [0.4, 0.5) is 5.82 Å². The van der Waals surface area contributed by atoms with Gasteiger partial charge in [0.2, 0.25) is 0 Å². The van der Waals surface area contributed by atoms with Gasteiger partial charge in [0.1, 0.15) is 12.1 Å². The van der Waals surface area contributed by atoms with E-state index in [0.29, 0.717) is 0 Å². The van der Waals surface area contributed by atoms with Crippen LogP contribution in [0.3, 0.4) is 0 Å². The Morgan fingerprint density at radius 2 is 2.14 bits per heavy atom. The molecule has 0 saturated carbocycles. The molecule has 1 rings (SSSR count). The molecule has 0 saturated heterocycles. The minimum Gasteiger partial charge on any atom is -0.367 e. The second kappa shape index (κ2) is 4.22. The Morgan fingerprint density at radius 1 is 1.43 bits per heavy atom. The first-order valence-corrected chi connectivity index (χ1v) is 4.71. The largest absolute Gasteiger partial charge is 0.367 e. The van der Waals surface area contributed by atoms with Gasteiger partial charge in [-0.25, -0.2) is 9.97 Å². The fraction of sp³-hybridized carbons (Fsp3) is 0.455. The van der Waals surface area contributed by atoms with Gasteiger partial charge in [0, 0.05) is 18.0 Å². The summed E-state index contributed by atoms with van der Waals surface area (Å²) in [5, 5.41) is 3.14. The Morgan fingerprint density at radius 3 is 2.71 bits per heavy atom. The second-order valence-corrected chi connectivity index (χ2v) is 4.21. The maximum absolute atomic E-state index is 4.24. The topological polar surface area (TPSA) is 37.8 Å². The highest BCUT2D eigenvalue weighted by Crippen LogP contribution is 2.20. The van der Waals surface area contributed by atoms with Crippen LogP contribution in [0.5, 0.6) is 0 Å². The van der Waals surface area contributed by atoms with Crippen molar-refractivity contribution < 1.29 is 0 Å². The summed E-state index contributed by atoms with van der Waals surface area (Å²) in [6.07, 6.45) is 3.39. The van der Waals surface area contributed by atoms with Gasteiger partial charge in [0.15, 0.2) is 0 Å². The maximum Gasteiger partial charge on any atom is 0.129 e. The lowest BCUT2D eigenvalue weighted by atomic mass is 9.92. The molecule has 0 atom stereocenters. The first kappa shape index (κ1) is 10.7. The second-order valence-electron chi connectivity index (χ2n) is 4.21. The summed E-state index contributed by atoms with van der Waals surface area (Å²) < 4.78 is 0. The quantitative estimate of drug-likeness (QED) is 0.745. The molecule has 0 radical (unpaired) electrons. The SMILES string of the molecule is C=CCNc1cc(C(C)(C)C)ncn1. The van der Waals surface area contributed by atoms with Crippen molar-refractivity contribution in [3.05, 3.63) is 30.7 Å². The Kier molecular flexibility index (Phi) is 3.23. The molecule has 0 amide bonds. The molecule has 14 heavy (non-hydrogen) atoms. The summed E-state index contributed by atoms with van der Waals surface area (Å²) in [5.74, 6) is 0.852. The summed E-state index contributed by atoms with van der Waals surface area (Å²) >= 11 is 0. The van der Waals surface area contributed by atoms with Crippen molar-refractivity contribution in [3.8, 4) is 0 Å². The van der Waals surface area contributed by atoms with Crippen LogP contribution in [-0.4, -0.2) is 16.5 Å². The van der Waals surface area contributed by atoms with E-state index in [-0.39, 0.29) is 5.41 Å². The Labute approximate surface area is 85.3 Å². The lowest BCUT2D eigenvalue weighted by Gasteiger charge is -2.17. The standard InChI is InChI=1S/C11H17N3/c1-5-6-12-10-7-9(11(2,3)4)13-8-14-10/h5,7-8H,1,6H2,2-4H3,(H,12,13,14). The molecular formula is C11H17N3. The molecule has 76 valence electrons. The molecule has 0 aliphatic heterocycles. The number of nitrogens with one attached hydrogen (secondary N) is 1. The zero-order chi connectivity index (χ0) is 10.6. The third-order valence-corrected chi connectivity index (χ3v) is 1.86. The molecule has 1 aromatic heterocycles. The van der Waals surface area contributed by atoms with Crippen LogP contribution in [0, 0.1) is 0 Å². The zero-order valence-electron chi connectivity index (χ0n) is 9.04. The van der Waals surface area contributed by atoms with E-state index in [9.17, 15) is 0 Å². The molecule has 1 aromatic rings. The van der Waals surface area contributed by atoms with E-state index in [2.05, 4.69) is 42.6 Å². The minimum atomic E-state index is 0.0630. The Balaban J connectivity index is 2.84. The zero-order valence-corrected chi connectivity index (χ0v) is 9.04. The summed E-state index contributed by atoms with van der Waals surface area (Å²) in [6, 6.07) is 1.98. The third-order valence-electron chi connectivity index (χ3n) is 1.86. The molecule has 1 heterocycles. The summed E-state index contributed by atoms with van der Waals surface area (Å²) in [4.78, 5) is 8.36. The lowest BCUT2D eigenvalue weighted by molar-refractivity contribution is 0.567. The first-order valence-electron chi connectivity index (χ1n) is 4.71. The van der Waals surface area contributed by atoms with E-state index in [1.165, 1.54) is 0 Å². The van der Waals surface area contributed by atoms with Gasteiger partial charge >= 0.3 is 0 Å². The highest BCUT2D eigenvalue weighted by atomic mass is 15.0. The van der Waals surface area contributed by atoms with Gasteiger partial charge in [-0.3, -0.25) is 0 Å². The van der Waals surface area contributed by atoms with Crippen molar-refractivity contribution >= 4 is 5.82 Å². The van der Waals surface area contributed by atoms with Crippen LogP contribution in [-0.2, 0) is 5.41 Å². The van der Waals surface area contributed by atoms with E-state index in [4.69, 9.17) is 0 Å². The van der Waals surface area contributed by atoms with Crippen LogP contribution in [0.1, 0.15) is 26.5 Å². The monoisotopic (exact) mass is 191 g/mol. The molecule has 0 fully saturated rings. The molecular weight excluding hydrogens is 174 g/mol. The van der Waals surface area contributed by atoms with E-state index in [0.717, 1.165) is 18.1 Å². The van der Waals surface area contributed by atoms with Gasteiger partial charge in [-0.1, -0.05) is 26.8 Å². The molecule has 0 aliphatic rings. The van der Waals surface area contributed by atoms with Gasteiger partial charge in [-0.15, -0.1) is 6.58 Å². The number of anilines is 1. The Hall–Kier alpha value is -1.38. The van der Waals surface area contributed by atoms with Crippen molar-refractivity contribution in [1.29, 1.82) is 0 Å². The number of rotatable bonds is 3. The van der Waals surface area contributed by atoms with Crippen LogP contribution in [0.15, 0.2) is 25.0 Å². The van der Waals surface area contributed by atoms with Crippen molar-refractivity contribution in [2.75, 3.05) is 11.9 Å². The fourth-order valence-corrected chi connectivity index (χ4v) is 1.04. The van der Waals surface area contributed by atoms with Crippen molar-refractivity contribution in [3.63, 3.8) is 0 Å². The molecule has 0 spiro atoms. The molecule has 0 unspecified atom stereocenters. The Bertz CT molecular complexity index is 313. The van der Waals surface area contributed by atoms with Crippen molar-refractivity contribution in [2.24, 2.45) is 0 Å². The first-order chi connectivity index (χ1) is 6.54. The van der Waals surface area contributed by atoms with Gasteiger partial charge in [-0.05, 0) is 0 Å². The van der Waals surface area contributed by atoms with E-state index < -0.39 is 0 Å². The fourth-order valence-electron chi connectivity index (χ4n) is 1.04. The van der Waals surface area contributed by atoms with Crippen molar-refractivity contribution in [2.45, 2.75) is 26.2 Å². The molecule has 0 bridgehead atoms. The molecule has 3 heteroatoms. The highest BCUT2D eigenvalue weighted by molar-refractivity contribution is 5.37. The molecule has 3 nitrogen and oxygen atoms in total. The highest BCUT2D eigenvalue weighted by Gasteiger charge is 2.15. The van der Waals surface area contributed by atoms with Crippen LogP contribution < -0.4 is 5.32 Å². The van der Waals surface area contributed by atoms with Gasteiger partial charge < -0.3 is 5.32 Å². The third kappa shape index (κ3) is 2.83. The summed E-state index contributed by atoms with van der Waals surface area (Å²) in [6.45, 7) is 10.8. The molecule has 0 aromatic carbocycles.